The van der Waals surface area contributed by atoms with Crippen molar-refractivity contribution in [3.63, 3.8) is 0 Å². The predicted molar refractivity (Wildman–Crippen MR) is 72.3 cm³/mol. The molecule has 0 aliphatic rings. The van der Waals surface area contributed by atoms with Crippen LogP contribution in [-0.2, 0) is 14.8 Å². The van der Waals surface area contributed by atoms with E-state index in [0.29, 0.717) is 5.56 Å². The van der Waals surface area contributed by atoms with Crippen LogP contribution in [-0.4, -0.2) is 25.5 Å². The highest BCUT2D eigenvalue weighted by Gasteiger charge is 2.27. The molecular weight excluding hydrogens is 285 g/mol. The zero-order valence-corrected chi connectivity index (χ0v) is 12.4. The van der Waals surface area contributed by atoms with Crippen molar-refractivity contribution < 1.29 is 22.7 Å². The Morgan fingerprint density at radius 2 is 2.00 bits per heavy atom. The second kappa shape index (κ2) is 6.32. The van der Waals surface area contributed by atoms with Gasteiger partial charge in [-0.3, -0.25) is 4.79 Å². The van der Waals surface area contributed by atoms with E-state index in [9.17, 15) is 17.6 Å². The molecule has 5 nitrogen and oxygen atoms in total. The Hall–Kier alpha value is -1.47. The van der Waals surface area contributed by atoms with Crippen LogP contribution in [0.2, 0.25) is 0 Å². The summed E-state index contributed by atoms with van der Waals surface area (Å²) in [5, 5.41) is 9.06. The smallest absolute Gasteiger partial charge is 0.321 e. The minimum atomic E-state index is -4.07. The van der Waals surface area contributed by atoms with E-state index in [0.717, 1.165) is 12.1 Å². The summed E-state index contributed by atoms with van der Waals surface area (Å²) in [7, 11) is -4.07. The van der Waals surface area contributed by atoms with Crippen LogP contribution in [0.5, 0.6) is 0 Å². The minimum absolute atomic E-state index is 0.00686. The van der Waals surface area contributed by atoms with Gasteiger partial charge in [0.2, 0.25) is 10.0 Å². The Labute approximate surface area is 117 Å². The fourth-order valence-corrected chi connectivity index (χ4v) is 3.24. The van der Waals surface area contributed by atoms with Gasteiger partial charge in [0, 0.05) is 0 Å². The van der Waals surface area contributed by atoms with Gasteiger partial charge >= 0.3 is 5.97 Å². The summed E-state index contributed by atoms with van der Waals surface area (Å²) in [5.74, 6) is -1.93. The second-order valence-corrected chi connectivity index (χ2v) is 6.73. The highest BCUT2D eigenvalue weighted by molar-refractivity contribution is 7.89. The molecule has 0 amide bonds. The number of halogens is 1. The Balaban J connectivity index is 3.09. The number of nitrogens with one attached hydrogen (secondary N) is 1. The summed E-state index contributed by atoms with van der Waals surface area (Å²) in [4.78, 5) is 10.9. The van der Waals surface area contributed by atoms with E-state index in [1.165, 1.54) is 13.0 Å². The van der Waals surface area contributed by atoms with Crippen molar-refractivity contribution in [3.05, 3.63) is 29.6 Å². The van der Waals surface area contributed by atoms with Crippen molar-refractivity contribution >= 4 is 16.0 Å². The molecule has 7 heteroatoms. The summed E-state index contributed by atoms with van der Waals surface area (Å²) < 4.78 is 39.6. The molecule has 1 rings (SSSR count). The molecule has 0 spiro atoms. The molecule has 0 heterocycles. The monoisotopic (exact) mass is 303 g/mol. The number of hydrogen-bond acceptors (Lipinski definition) is 3. The van der Waals surface area contributed by atoms with Gasteiger partial charge < -0.3 is 5.11 Å². The zero-order chi connectivity index (χ0) is 15.5. The molecule has 1 atom stereocenters. The van der Waals surface area contributed by atoms with E-state index >= 15 is 0 Å². The third-order valence-electron chi connectivity index (χ3n) is 2.74. The first-order valence-corrected chi connectivity index (χ1v) is 7.63. The van der Waals surface area contributed by atoms with Crippen molar-refractivity contribution in [1.29, 1.82) is 0 Å². The molecule has 0 aliphatic carbocycles. The molecule has 0 radical (unpaired) electrons. The molecule has 20 heavy (non-hydrogen) atoms. The number of hydrogen-bond donors (Lipinski definition) is 2. The van der Waals surface area contributed by atoms with Gasteiger partial charge in [-0.15, -0.1) is 0 Å². The largest absolute Gasteiger partial charge is 0.480 e. The Morgan fingerprint density at radius 3 is 2.50 bits per heavy atom. The van der Waals surface area contributed by atoms with Crippen LogP contribution in [0.4, 0.5) is 4.39 Å². The van der Waals surface area contributed by atoms with Crippen molar-refractivity contribution in [2.75, 3.05) is 0 Å². The number of rotatable bonds is 6. The van der Waals surface area contributed by atoms with Gasteiger partial charge in [0.25, 0.3) is 0 Å². The first-order valence-electron chi connectivity index (χ1n) is 6.14. The lowest BCUT2D eigenvalue weighted by Crippen LogP contribution is -2.41. The molecule has 0 aromatic heterocycles. The summed E-state index contributed by atoms with van der Waals surface area (Å²) in [6, 6.07) is 2.13. The third-order valence-corrected chi connectivity index (χ3v) is 4.36. The minimum Gasteiger partial charge on any atom is -0.480 e. The molecule has 0 saturated carbocycles. The summed E-state index contributed by atoms with van der Waals surface area (Å²) in [5.41, 5.74) is 0.354. The zero-order valence-electron chi connectivity index (χ0n) is 11.6. The van der Waals surface area contributed by atoms with Gasteiger partial charge in [0.05, 0.1) is 4.90 Å². The molecule has 2 N–H and O–H groups in total. The normalized spacial score (nSPS) is 13.4. The lowest BCUT2D eigenvalue weighted by Gasteiger charge is -2.17. The Morgan fingerprint density at radius 1 is 1.40 bits per heavy atom. The van der Waals surface area contributed by atoms with E-state index in [4.69, 9.17) is 5.11 Å². The Bertz CT molecular complexity index is 598. The standard InChI is InChI=1S/C13H18FNO4S/c1-8(2)6-11(13(16)17)15-20(18,19)12-7-10(14)5-4-9(12)3/h4-5,7-8,11,15H,6H2,1-3H3,(H,16,17). The summed E-state index contributed by atoms with van der Waals surface area (Å²) >= 11 is 0. The van der Waals surface area contributed by atoms with E-state index in [-0.39, 0.29) is 17.2 Å². The van der Waals surface area contributed by atoms with E-state index in [1.807, 2.05) is 0 Å². The van der Waals surface area contributed by atoms with Crippen LogP contribution in [0.3, 0.4) is 0 Å². The van der Waals surface area contributed by atoms with Gasteiger partial charge in [-0.25, -0.2) is 12.8 Å². The molecule has 0 fully saturated rings. The highest BCUT2D eigenvalue weighted by atomic mass is 32.2. The molecule has 0 bridgehead atoms. The highest BCUT2D eigenvalue weighted by Crippen LogP contribution is 2.17. The first kappa shape index (κ1) is 16.6. The van der Waals surface area contributed by atoms with Crippen LogP contribution in [0.15, 0.2) is 23.1 Å². The number of benzene rings is 1. The van der Waals surface area contributed by atoms with Gasteiger partial charge in [0.1, 0.15) is 11.9 Å². The maximum atomic E-state index is 13.2. The average Bonchev–Trinajstić information content (AvgIpc) is 2.30. The molecule has 1 aromatic rings. The fraction of sp³-hybridized carbons (Fsp3) is 0.462. The van der Waals surface area contributed by atoms with Crippen molar-refractivity contribution in [2.45, 2.75) is 38.1 Å². The van der Waals surface area contributed by atoms with Crippen molar-refractivity contribution in [1.82, 2.24) is 4.72 Å². The van der Waals surface area contributed by atoms with Crippen LogP contribution in [0, 0.1) is 18.7 Å². The average molecular weight is 303 g/mol. The van der Waals surface area contributed by atoms with Gasteiger partial charge in [-0.2, -0.15) is 4.72 Å². The van der Waals surface area contributed by atoms with E-state index in [2.05, 4.69) is 4.72 Å². The number of aryl methyl sites for hydroxylation is 1. The summed E-state index contributed by atoms with van der Waals surface area (Å²) in [6.45, 7) is 5.10. The predicted octanol–water partition coefficient (Wildman–Crippen LogP) is 1.91. The maximum Gasteiger partial charge on any atom is 0.321 e. The molecule has 0 saturated heterocycles. The van der Waals surface area contributed by atoms with Crippen molar-refractivity contribution in [3.8, 4) is 0 Å². The summed E-state index contributed by atoms with van der Waals surface area (Å²) in [6.07, 6.45) is 0.156. The fourth-order valence-electron chi connectivity index (χ4n) is 1.78. The van der Waals surface area contributed by atoms with E-state index < -0.39 is 27.9 Å². The van der Waals surface area contributed by atoms with Crippen LogP contribution < -0.4 is 4.72 Å². The van der Waals surface area contributed by atoms with Crippen LogP contribution >= 0.6 is 0 Å². The number of aliphatic carboxylic acids is 1. The Kier molecular flexibility index (Phi) is 5.24. The topological polar surface area (TPSA) is 83.5 Å². The van der Waals surface area contributed by atoms with E-state index in [1.54, 1.807) is 13.8 Å². The van der Waals surface area contributed by atoms with Gasteiger partial charge in [-0.1, -0.05) is 19.9 Å². The maximum absolute atomic E-state index is 13.2. The number of sulfonamides is 1. The second-order valence-electron chi connectivity index (χ2n) is 5.05. The molecule has 1 unspecified atom stereocenters. The van der Waals surface area contributed by atoms with Gasteiger partial charge in [-0.05, 0) is 37.0 Å². The van der Waals surface area contributed by atoms with Gasteiger partial charge in [0.15, 0.2) is 0 Å². The third kappa shape index (κ3) is 4.28. The number of carboxylic acid groups (broad SMARTS) is 1. The molecule has 1 aromatic carbocycles. The SMILES string of the molecule is Cc1ccc(F)cc1S(=O)(=O)NC(CC(C)C)C(=O)O. The quantitative estimate of drug-likeness (QED) is 0.841. The number of carbonyl (C=O) groups is 1. The molecular formula is C13H18FNO4S. The first-order chi connectivity index (χ1) is 9.13. The lowest BCUT2D eigenvalue weighted by molar-refractivity contribution is -0.139. The van der Waals surface area contributed by atoms with Crippen LogP contribution in [0.25, 0.3) is 0 Å². The number of carboxylic acids is 1. The lowest BCUT2D eigenvalue weighted by atomic mass is 10.1. The van der Waals surface area contributed by atoms with Crippen molar-refractivity contribution in [2.24, 2.45) is 5.92 Å². The molecule has 112 valence electrons. The van der Waals surface area contributed by atoms with Crippen LogP contribution in [0.1, 0.15) is 25.8 Å². The molecule has 0 aliphatic heterocycles.